The van der Waals surface area contributed by atoms with Gasteiger partial charge < -0.3 is 15.0 Å². The number of nitrogens with one attached hydrogen (secondary N) is 1. The molecule has 2 aliphatic rings. The highest BCUT2D eigenvalue weighted by Crippen LogP contribution is 2.35. The third-order valence-corrected chi connectivity index (χ3v) is 7.91. The monoisotopic (exact) mass is 584 g/mol. The van der Waals surface area contributed by atoms with Crippen molar-refractivity contribution in [3.63, 3.8) is 0 Å². The number of aryl methyl sites for hydroxylation is 1. The molecule has 8 nitrogen and oxygen atoms in total. The fourth-order valence-corrected chi connectivity index (χ4v) is 5.45. The summed E-state index contributed by atoms with van der Waals surface area (Å²) in [6.07, 6.45) is 1.61. The van der Waals surface area contributed by atoms with Crippen molar-refractivity contribution in [1.29, 1.82) is 0 Å². The summed E-state index contributed by atoms with van der Waals surface area (Å²) >= 11 is 12.4. The van der Waals surface area contributed by atoms with E-state index in [2.05, 4.69) is 16.8 Å². The van der Waals surface area contributed by atoms with Crippen LogP contribution in [0.1, 0.15) is 41.4 Å². The molecule has 2 heterocycles. The van der Waals surface area contributed by atoms with Crippen LogP contribution in [0.15, 0.2) is 66.4 Å². The SMILES string of the molecule is C=CCN1C(=O)NC(c2ccc(Cl)c(Cl)c2)C(C(=O)OCC)=C1CN1CCN(C(=O)c2ccc(C)cc2)C(C)C1. The molecular formula is C30H34Cl2N4O4. The number of benzene rings is 2. The van der Waals surface area contributed by atoms with Crippen LogP contribution < -0.4 is 5.32 Å². The quantitative estimate of drug-likeness (QED) is 0.340. The van der Waals surface area contributed by atoms with E-state index in [1.54, 1.807) is 31.2 Å². The van der Waals surface area contributed by atoms with Gasteiger partial charge in [-0.05, 0) is 50.6 Å². The summed E-state index contributed by atoms with van der Waals surface area (Å²) in [6, 6.07) is 11.4. The predicted molar refractivity (Wildman–Crippen MR) is 156 cm³/mol. The fraction of sp³-hybridized carbons (Fsp3) is 0.367. The number of nitrogens with zero attached hydrogens (tertiary/aromatic N) is 3. The standard InChI is InChI=1S/C30H34Cl2N4O4/c1-5-13-36-25(18-34-14-15-35(20(4)17-34)28(37)21-9-7-19(3)8-10-21)26(29(38)40-6-2)27(33-30(36)39)22-11-12-23(31)24(32)16-22/h5,7-12,16,20,27H,1,6,13-15,17-18H2,2-4H3,(H,33,39). The lowest BCUT2D eigenvalue weighted by molar-refractivity contribution is -0.139. The van der Waals surface area contributed by atoms with E-state index in [1.807, 2.05) is 43.0 Å². The van der Waals surface area contributed by atoms with E-state index in [4.69, 9.17) is 27.9 Å². The summed E-state index contributed by atoms with van der Waals surface area (Å²) < 4.78 is 5.46. The second-order valence-electron chi connectivity index (χ2n) is 9.98. The Hall–Kier alpha value is -3.33. The molecule has 3 amide bonds. The molecule has 2 unspecified atom stereocenters. The van der Waals surface area contributed by atoms with E-state index in [0.717, 1.165) is 5.56 Å². The van der Waals surface area contributed by atoms with Gasteiger partial charge in [0.1, 0.15) is 0 Å². The normalized spacial score (nSPS) is 19.9. The van der Waals surface area contributed by atoms with Crippen molar-refractivity contribution >= 4 is 41.1 Å². The fourth-order valence-electron chi connectivity index (χ4n) is 5.14. The second kappa shape index (κ2) is 12.9. The van der Waals surface area contributed by atoms with Crippen LogP contribution in [-0.4, -0.2) is 78.0 Å². The molecule has 1 fully saturated rings. The molecule has 2 atom stereocenters. The molecule has 0 spiro atoms. The highest BCUT2D eigenvalue weighted by Gasteiger charge is 2.39. The Morgan fingerprint density at radius 1 is 1.12 bits per heavy atom. The molecular weight excluding hydrogens is 551 g/mol. The van der Waals surface area contributed by atoms with Crippen LogP contribution in [0.3, 0.4) is 0 Å². The first-order chi connectivity index (χ1) is 19.1. The van der Waals surface area contributed by atoms with E-state index in [0.29, 0.717) is 58.6 Å². The number of amides is 3. The molecule has 10 heteroatoms. The number of carbonyl (C=O) groups excluding carboxylic acids is 3. The zero-order chi connectivity index (χ0) is 29.0. The molecule has 2 aromatic carbocycles. The third kappa shape index (κ3) is 6.35. The minimum absolute atomic E-state index is 0.0106. The maximum absolute atomic E-state index is 13.4. The zero-order valence-corrected chi connectivity index (χ0v) is 24.5. The first-order valence-corrected chi connectivity index (χ1v) is 14.0. The van der Waals surface area contributed by atoms with Gasteiger partial charge in [-0.3, -0.25) is 14.6 Å². The van der Waals surface area contributed by atoms with Gasteiger partial charge in [-0.1, -0.05) is 53.0 Å². The predicted octanol–water partition coefficient (Wildman–Crippen LogP) is 5.22. The summed E-state index contributed by atoms with van der Waals surface area (Å²) in [5, 5.41) is 3.62. The van der Waals surface area contributed by atoms with Crippen molar-refractivity contribution in [1.82, 2.24) is 20.0 Å². The number of halogens is 2. The first kappa shape index (κ1) is 29.6. The van der Waals surface area contributed by atoms with E-state index in [9.17, 15) is 14.4 Å². The van der Waals surface area contributed by atoms with Gasteiger partial charge in [-0.15, -0.1) is 6.58 Å². The van der Waals surface area contributed by atoms with E-state index < -0.39 is 12.0 Å². The van der Waals surface area contributed by atoms with Crippen LogP contribution in [0.5, 0.6) is 0 Å². The number of rotatable bonds is 8. The molecule has 0 saturated carbocycles. The van der Waals surface area contributed by atoms with Crippen molar-refractivity contribution in [3.05, 3.63) is 93.1 Å². The molecule has 2 aromatic rings. The maximum atomic E-state index is 13.4. The molecule has 0 aliphatic carbocycles. The van der Waals surface area contributed by atoms with Crippen LogP contribution in [-0.2, 0) is 9.53 Å². The molecule has 1 N–H and O–H groups in total. The van der Waals surface area contributed by atoms with Gasteiger partial charge in [0.2, 0.25) is 0 Å². The van der Waals surface area contributed by atoms with E-state index in [-0.39, 0.29) is 31.1 Å². The number of ether oxygens (including phenoxy) is 1. The molecule has 0 bridgehead atoms. The summed E-state index contributed by atoms with van der Waals surface area (Å²) in [6.45, 7) is 11.9. The highest BCUT2D eigenvalue weighted by atomic mass is 35.5. The van der Waals surface area contributed by atoms with Crippen LogP contribution >= 0.6 is 23.2 Å². The molecule has 1 saturated heterocycles. The second-order valence-corrected chi connectivity index (χ2v) is 10.8. The van der Waals surface area contributed by atoms with Crippen molar-refractivity contribution < 1.29 is 19.1 Å². The zero-order valence-electron chi connectivity index (χ0n) is 23.0. The number of esters is 1. The number of piperazine rings is 1. The molecule has 4 rings (SSSR count). The largest absolute Gasteiger partial charge is 0.463 e. The summed E-state index contributed by atoms with van der Waals surface area (Å²) in [5.41, 5.74) is 3.23. The van der Waals surface area contributed by atoms with Gasteiger partial charge in [0.15, 0.2) is 0 Å². The molecule has 2 aliphatic heterocycles. The van der Waals surface area contributed by atoms with Crippen LogP contribution in [0.4, 0.5) is 4.79 Å². The maximum Gasteiger partial charge on any atom is 0.338 e. The van der Waals surface area contributed by atoms with Gasteiger partial charge >= 0.3 is 12.0 Å². The Kier molecular flexibility index (Phi) is 9.56. The molecule has 0 radical (unpaired) electrons. The van der Waals surface area contributed by atoms with Crippen molar-refractivity contribution in [2.45, 2.75) is 32.9 Å². The lowest BCUT2D eigenvalue weighted by atomic mass is 9.94. The summed E-state index contributed by atoms with van der Waals surface area (Å²) in [5.74, 6) is -0.535. The van der Waals surface area contributed by atoms with Gasteiger partial charge in [0.25, 0.3) is 5.91 Å². The van der Waals surface area contributed by atoms with Gasteiger partial charge in [0, 0.05) is 50.0 Å². The van der Waals surface area contributed by atoms with E-state index >= 15 is 0 Å². The smallest absolute Gasteiger partial charge is 0.338 e. The summed E-state index contributed by atoms with van der Waals surface area (Å²) in [4.78, 5) is 45.5. The van der Waals surface area contributed by atoms with Crippen molar-refractivity contribution in [2.75, 3.05) is 39.3 Å². The third-order valence-electron chi connectivity index (χ3n) is 7.17. The minimum Gasteiger partial charge on any atom is -0.463 e. The average molecular weight is 586 g/mol. The Morgan fingerprint density at radius 2 is 1.85 bits per heavy atom. The Morgan fingerprint density at radius 3 is 2.48 bits per heavy atom. The van der Waals surface area contributed by atoms with Gasteiger partial charge in [-0.2, -0.15) is 0 Å². The van der Waals surface area contributed by atoms with Crippen molar-refractivity contribution in [2.24, 2.45) is 0 Å². The number of carbonyl (C=O) groups is 3. The average Bonchev–Trinajstić information content (AvgIpc) is 2.92. The minimum atomic E-state index is -0.779. The number of urea groups is 1. The Balaban J connectivity index is 1.66. The molecule has 0 aromatic heterocycles. The Labute approximate surface area is 245 Å². The highest BCUT2D eigenvalue weighted by molar-refractivity contribution is 6.42. The lowest BCUT2D eigenvalue weighted by Crippen LogP contribution is -2.56. The van der Waals surface area contributed by atoms with Crippen LogP contribution in [0.2, 0.25) is 10.0 Å². The van der Waals surface area contributed by atoms with Gasteiger partial charge in [-0.25, -0.2) is 9.59 Å². The molecule has 212 valence electrons. The number of hydrogen-bond donors (Lipinski definition) is 1. The van der Waals surface area contributed by atoms with Crippen molar-refractivity contribution in [3.8, 4) is 0 Å². The molecule has 40 heavy (non-hydrogen) atoms. The Bertz CT molecular complexity index is 1330. The number of hydrogen-bond acceptors (Lipinski definition) is 5. The van der Waals surface area contributed by atoms with Crippen LogP contribution in [0, 0.1) is 6.92 Å². The topological polar surface area (TPSA) is 82.2 Å². The first-order valence-electron chi connectivity index (χ1n) is 13.3. The van der Waals surface area contributed by atoms with E-state index in [1.165, 1.54) is 4.90 Å². The summed E-state index contributed by atoms with van der Waals surface area (Å²) in [7, 11) is 0. The lowest BCUT2D eigenvalue weighted by Gasteiger charge is -2.43. The van der Waals surface area contributed by atoms with Gasteiger partial charge in [0.05, 0.1) is 28.3 Å². The van der Waals surface area contributed by atoms with Crippen LogP contribution in [0.25, 0.3) is 0 Å².